The van der Waals surface area contributed by atoms with E-state index >= 15 is 0 Å². The van der Waals surface area contributed by atoms with E-state index in [0.717, 1.165) is 15.7 Å². The third-order valence-corrected chi connectivity index (χ3v) is 3.14. The Hall–Kier alpha value is -1.14. The summed E-state index contributed by atoms with van der Waals surface area (Å²) in [4.78, 5) is 8.23. The molecule has 0 aliphatic heterocycles. The average Bonchev–Trinajstić information content (AvgIpc) is 2.64. The van der Waals surface area contributed by atoms with Gasteiger partial charge in [-0.3, -0.25) is 4.98 Å². The topological polar surface area (TPSA) is 61.0 Å². The molecule has 0 radical (unpaired) electrons. The highest BCUT2D eigenvalue weighted by Gasteiger charge is 2.13. The highest BCUT2D eigenvalue weighted by atomic mass is 79.9. The van der Waals surface area contributed by atoms with Crippen molar-refractivity contribution in [2.75, 3.05) is 12.8 Å². The molecule has 6 heteroatoms. The molecule has 0 saturated carbocycles. The lowest BCUT2D eigenvalue weighted by Crippen LogP contribution is -1.91. The van der Waals surface area contributed by atoms with E-state index in [2.05, 4.69) is 25.9 Å². The molecule has 2 aromatic heterocycles. The Morgan fingerprint density at radius 2 is 2.27 bits per heavy atom. The molecule has 0 fully saturated rings. The minimum Gasteiger partial charge on any atom is -0.494 e. The standard InChI is InChI=1S/C9H8BrN3OS/c1-14-7-3-12-2-5(10)8(7)6-4-15-9(11)13-6/h2-4H,1H3,(H2,11,13). The van der Waals surface area contributed by atoms with Crippen molar-refractivity contribution in [3.8, 4) is 17.0 Å². The molecule has 0 amide bonds. The van der Waals surface area contributed by atoms with Gasteiger partial charge < -0.3 is 10.5 Å². The van der Waals surface area contributed by atoms with Gasteiger partial charge in [0.15, 0.2) is 5.13 Å². The number of pyridine rings is 1. The summed E-state index contributed by atoms with van der Waals surface area (Å²) < 4.78 is 6.06. The van der Waals surface area contributed by atoms with E-state index < -0.39 is 0 Å². The lowest BCUT2D eigenvalue weighted by molar-refractivity contribution is 0.414. The fourth-order valence-electron chi connectivity index (χ4n) is 1.22. The number of methoxy groups -OCH3 is 1. The average molecular weight is 286 g/mol. The molecule has 0 aromatic carbocycles. The van der Waals surface area contributed by atoms with Crippen LogP contribution in [0.15, 0.2) is 22.2 Å². The molecule has 0 spiro atoms. The van der Waals surface area contributed by atoms with Crippen molar-refractivity contribution < 1.29 is 4.74 Å². The molecule has 2 heterocycles. The highest BCUT2D eigenvalue weighted by Crippen LogP contribution is 2.36. The molecule has 78 valence electrons. The molecule has 2 aromatic rings. The van der Waals surface area contributed by atoms with Crippen molar-refractivity contribution in [3.05, 3.63) is 22.2 Å². The number of ether oxygens (including phenoxy) is 1. The number of nitrogens with two attached hydrogens (primary N) is 1. The Morgan fingerprint density at radius 1 is 1.47 bits per heavy atom. The SMILES string of the molecule is COc1cncc(Br)c1-c1csc(N)n1. The summed E-state index contributed by atoms with van der Waals surface area (Å²) in [6.07, 6.45) is 3.35. The second-order valence-corrected chi connectivity index (χ2v) is 4.51. The number of nitrogen functional groups attached to an aromatic ring is 1. The fraction of sp³-hybridized carbons (Fsp3) is 0.111. The smallest absolute Gasteiger partial charge is 0.180 e. The van der Waals surface area contributed by atoms with Crippen LogP contribution >= 0.6 is 27.3 Å². The molecule has 4 nitrogen and oxygen atoms in total. The molecular weight excluding hydrogens is 278 g/mol. The van der Waals surface area contributed by atoms with Crippen LogP contribution < -0.4 is 10.5 Å². The Morgan fingerprint density at radius 3 is 2.87 bits per heavy atom. The summed E-state index contributed by atoms with van der Waals surface area (Å²) in [7, 11) is 1.60. The van der Waals surface area contributed by atoms with Crippen LogP contribution in [0.1, 0.15) is 0 Å². The first-order valence-electron chi connectivity index (χ1n) is 4.11. The number of rotatable bonds is 2. The molecule has 0 saturated heterocycles. The van der Waals surface area contributed by atoms with Crippen LogP contribution in [0.25, 0.3) is 11.3 Å². The van der Waals surface area contributed by atoms with Crippen LogP contribution in [0.4, 0.5) is 5.13 Å². The first-order valence-corrected chi connectivity index (χ1v) is 5.78. The van der Waals surface area contributed by atoms with Gasteiger partial charge in [0.1, 0.15) is 5.75 Å². The van der Waals surface area contributed by atoms with Crippen molar-refractivity contribution in [2.24, 2.45) is 0 Å². The summed E-state index contributed by atoms with van der Waals surface area (Å²) in [6.45, 7) is 0. The van der Waals surface area contributed by atoms with Crippen molar-refractivity contribution in [2.45, 2.75) is 0 Å². The molecule has 2 rings (SSSR count). The number of nitrogens with zero attached hydrogens (tertiary/aromatic N) is 2. The number of halogens is 1. The van der Waals surface area contributed by atoms with Gasteiger partial charge in [-0.2, -0.15) is 0 Å². The first-order chi connectivity index (χ1) is 7.22. The third-order valence-electron chi connectivity index (χ3n) is 1.86. The molecule has 15 heavy (non-hydrogen) atoms. The maximum absolute atomic E-state index is 5.59. The van der Waals surface area contributed by atoms with Gasteiger partial charge in [0, 0.05) is 16.0 Å². The Kier molecular flexibility index (Phi) is 2.88. The van der Waals surface area contributed by atoms with Gasteiger partial charge >= 0.3 is 0 Å². The number of anilines is 1. The third kappa shape index (κ3) is 1.95. The zero-order valence-electron chi connectivity index (χ0n) is 7.90. The lowest BCUT2D eigenvalue weighted by Gasteiger charge is -2.06. The van der Waals surface area contributed by atoms with Crippen LogP contribution in [-0.2, 0) is 0 Å². The van der Waals surface area contributed by atoms with E-state index in [1.807, 2.05) is 5.38 Å². The summed E-state index contributed by atoms with van der Waals surface area (Å²) in [5, 5.41) is 2.42. The van der Waals surface area contributed by atoms with E-state index in [9.17, 15) is 0 Å². The predicted molar refractivity (Wildman–Crippen MR) is 64.0 cm³/mol. The maximum Gasteiger partial charge on any atom is 0.180 e. The molecule has 2 N–H and O–H groups in total. The van der Waals surface area contributed by atoms with E-state index in [1.54, 1.807) is 19.5 Å². The zero-order chi connectivity index (χ0) is 10.8. The number of hydrogen-bond acceptors (Lipinski definition) is 5. The molecule has 0 atom stereocenters. The maximum atomic E-state index is 5.59. The molecule has 0 aliphatic rings. The fourth-order valence-corrected chi connectivity index (χ4v) is 2.29. The molecular formula is C9H8BrN3OS. The van der Waals surface area contributed by atoms with E-state index in [1.165, 1.54) is 11.3 Å². The Labute approximate surface area is 99.3 Å². The lowest BCUT2D eigenvalue weighted by atomic mass is 10.2. The van der Waals surface area contributed by atoms with Gasteiger partial charge in [0.25, 0.3) is 0 Å². The van der Waals surface area contributed by atoms with Crippen LogP contribution in [0.3, 0.4) is 0 Å². The van der Waals surface area contributed by atoms with Gasteiger partial charge in [-0.25, -0.2) is 4.98 Å². The summed E-state index contributed by atoms with van der Waals surface area (Å²) in [5.74, 6) is 0.676. The van der Waals surface area contributed by atoms with Gasteiger partial charge in [-0.05, 0) is 15.9 Å². The molecule has 0 bridgehead atoms. The van der Waals surface area contributed by atoms with E-state index in [-0.39, 0.29) is 0 Å². The van der Waals surface area contributed by atoms with E-state index in [0.29, 0.717) is 10.9 Å². The zero-order valence-corrected chi connectivity index (χ0v) is 10.3. The first kappa shape index (κ1) is 10.4. The van der Waals surface area contributed by atoms with Gasteiger partial charge in [0.2, 0.25) is 0 Å². The monoisotopic (exact) mass is 285 g/mol. The van der Waals surface area contributed by atoms with Crippen LogP contribution in [0.5, 0.6) is 5.75 Å². The van der Waals surface area contributed by atoms with Gasteiger partial charge in [-0.1, -0.05) is 0 Å². The quantitative estimate of drug-likeness (QED) is 0.921. The van der Waals surface area contributed by atoms with E-state index in [4.69, 9.17) is 10.5 Å². The predicted octanol–water partition coefficient (Wildman–Crippen LogP) is 2.56. The second-order valence-electron chi connectivity index (χ2n) is 2.77. The summed E-state index contributed by atoms with van der Waals surface area (Å²) >= 11 is 4.81. The Bertz CT molecular complexity index is 486. The Balaban J connectivity index is 2.60. The van der Waals surface area contributed by atoms with Crippen molar-refractivity contribution in [1.82, 2.24) is 9.97 Å². The minimum atomic E-state index is 0.538. The minimum absolute atomic E-state index is 0.538. The number of hydrogen-bond donors (Lipinski definition) is 1. The highest BCUT2D eigenvalue weighted by molar-refractivity contribution is 9.10. The summed E-state index contributed by atoms with van der Waals surface area (Å²) in [5.41, 5.74) is 7.26. The largest absolute Gasteiger partial charge is 0.494 e. The van der Waals surface area contributed by atoms with Gasteiger partial charge in [0.05, 0.1) is 24.6 Å². The molecule has 0 aliphatic carbocycles. The van der Waals surface area contributed by atoms with Crippen molar-refractivity contribution >= 4 is 32.4 Å². The van der Waals surface area contributed by atoms with Crippen LogP contribution in [0, 0.1) is 0 Å². The van der Waals surface area contributed by atoms with Crippen molar-refractivity contribution in [3.63, 3.8) is 0 Å². The number of aromatic nitrogens is 2. The number of thiazole rings is 1. The normalized spacial score (nSPS) is 10.3. The summed E-state index contributed by atoms with van der Waals surface area (Å²) in [6, 6.07) is 0. The van der Waals surface area contributed by atoms with Crippen LogP contribution in [0.2, 0.25) is 0 Å². The second kappa shape index (κ2) is 4.16. The van der Waals surface area contributed by atoms with Gasteiger partial charge in [-0.15, -0.1) is 11.3 Å². The van der Waals surface area contributed by atoms with Crippen LogP contribution in [-0.4, -0.2) is 17.1 Å². The molecule has 0 unspecified atom stereocenters. The van der Waals surface area contributed by atoms with Crippen molar-refractivity contribution in [1.29, 1.82) is 0 Å².